The summed E-state index contributed by atoms with van der Waals surface area (Å²) in [5.41, 5.74) is 1.56. The zero-order valence-corrected chi connectivity index (χ0v) is 19.0. The van der Waals surface area contributed by atoms with Crippen LogP contribution in [0.1, 0.15) is 18.4 Å². The van der Waals surface area contributed by atoms with Gasteiger partial charge in [0.15, 0.2) is 0 Å². The van der Waals surface area contributed by atoms with E-state index in [1.54, 1.807) is 11.0 Å². The van der Waals surface area contributed by atoms with Gasteiger partial charge in [-0.2, -0.15) is 5.26 Å². The first-order valence-electron chi connectivity index (χ1n) is 11.5. The van der Waals surface area contributed by atoms with Crippen molar-refractivity contribution >= 4 is 22.6 Å². The molecule has 0 saturated carbocycles. The predicted octanol–water partition coefficient (Wildman–Crippen LogP) is 4.02. The van der Waals surface area contributed by atoms with Crippen molar-refractivity contribution < 1.29 is 18.3 Å². The third-order valence-electron chi connectivity index (χ3n) is 6.58. The van der Waals surface area contributed by atoms with Crippen molar-refractivity contribution in [2.45, 2.75) is 25.3 Å². The lowest BCUT2D eigenvalue weighted by molar-refractivity contribution is -0.128. The van der Waals surface area contributed by atoms with Crippen LogP contribution in [0, 0.1) is 23.0 Å². The number of nitriles is 1. The van der Waals surface area contributed by atoms with Crippen molar-refractivity contribution in [1.29, 1.82) is 5.26 Å². The molecule has 7 nitrogen and oxygen atoms in total. The Morgan fingerprint density at radius 3 is 2.83 bits per heavy atom. The number of fused-ring (bicyclic) bond motifs is 3. The first-order chi connectivity index (χ1) is 17.0. The van der Waals surface area contributed by atoms with Gasteiger partial charge in [0.05, 0.1) is 41.6 Å². The van der Waals surface area contributed by atoms with Gasteiger partial charge >= 0.3 is 0 Å². The topological polar surface area (TPSA) is 82.3 Å². The quantitative estimate of drug-likeness (QED) is 0.530. The molecule has 1 saturated heterocycles. The number of piperazine rings is 1. The Kier molecular flexibility index (Phi) is 6.03. The molecule has 1 fully saturated rings. The fourth-order valence-corrected chi connectivity index (χ4v) is 5.00. The Morgan fingerprint density at radius 2 is 2.09 bits per heavy atom. The van der Waals surface area contributed by atoms with Crippen molar-refractivity contribution in [2.24, 2.45) is 0 Å². The third kappa shape index (κ3) is 3.95. The molecule has 9 heteroatoms. The molecule has 5 rings (SSSR count). The molecule has 0 radical (unpaired) electrons. The van der Waals surface area contributed by atoms with Crippen LogP contribution in [0.3, 0.4) is 0 Å². The number of hydrogen-bond donors (Lipinski definition) is 0. The largest absolute Gasteiger partial charge is 0.492 e. The fraction of sp³-hybridized carbons (Fsp3) is 0.308. The molecule has 178 valence electrons. The van der Waals surface area contributed by atoms with Gasteiger partial charge in [-0.1, -0.05) is 12.6 Å². The Morgan fingerprint density at radius 1 is 1.29 bits per heavy atom. The van der Waals surface area contributed by atoms with E-state index >= 15 is 0 Å². The number of hydrogen-bond acceptors (Lipinski definition) is 6. The maximum Gasteiger partial charge on any atom is 0.246 e. The van der Waals surface area contributed by atoms with Crippen LogP contribution >= 0.6 is 0 Å². The van der Waals surface area contributed by atoms with Gasteiger partial charge in [0.2, 0.25) is 5.91 Å². The molecule has 1 atom stereocenters. The summed E-state index contributed by atoms with van der Waals surface area (Å²) in [6.45, 7) is 5.33. The third-order valence-corrected chi connectivity index (χ3v) is 6.58. The number of carbonyl (C=O) groups excluding carboxylic acids is 1. The Bertz CT molecular complexity index is 1350. The molecule has 35 heavy (non-hydrogen) atoms. The minimum Gasteiger partial charge on any atom is -0.492 e. The minimum atomic E-state index is -0.645. The summed E-state index contributed by atoms with van der Waals surface area (Å²) in [5.74, 6) is -0.358. The highest BCUT2D eigenvalue weighted by atomic mass is 19.1. The highest BCUT2D eigenvalue weighted by molar-refractivity contribution is 6.00. The van der Waals surface area contributed by atoms with Gasteiger partial charge in [0, 0.05) is 25.2 Å². The van der Waals surface area contributed by atoms with Crippen LogP contribution in [-0.2, 0) is 11.2 Å². The lowest BCUT2D eigenvalue weighted by Gasteiger charge is -2.41. The van der Waals surface area contributed by atoms with Crippen molar-refractivity contribution in [2.75, 3.05) is 31.1 Å². The maximum atomic E-state index is 14.7. The average molecular weight is 475 g/mol. The fourth-order valence-electron chi connectivity index (χ4n) is 5.00. The second kappa shape index (κ2) is 9.29. The van der Waals surface area contributed by atoms with Gasteiger partial charge in [-0.05, 0) is 42.7 Å². The van der Waals surface area contributed by atoms with E-state index in [1.165, 1.54) is 30.6 Å². The van der Waals surface area contributed by atoms with Gasteiger partial charge in [0.25, 0.3) is 0 Å². The molecule has 0 N–H and O–H groups in total. The lowest BCUT2D eigenvalue weighted by atomic mass is 9.91. The van der Waals surface area contributed by atoms with Crippen LogP contribution in [0.4, 0.5) is 14.6 Å². The Balaban J connectivity index is 1.65. The van der Waals surface area contributed by atoms with Crippen LogP contribution in [0.25, 0.3) is 22.0 Å². The Labute approximate surface area is 201 Å². The Hall–Kier alpha value is -4.06. The molecule has 2 aliphatic heterocycles. The van der Waals surface area contributed by atoms with Crippen LogP contribution in [-0.4, -0.2) is 53.1 Å². The van der Waals surface area contributed by atoms with Gasteiger partial charge in [-0.15, -0.1) is 0 Å². The zero-order valence-electron chi connectivity index (χ0n) is 19.0. The highest BCUT2D eigenvalue weighted by Gasteiger charge is 2.32. The number of benzene rings is 2. The average Bonchev–Trinajstić information content (AvgIpc) is 2.88. The molecule has 3 heterocycles. The summed E-state index contributed by atoms with van der Waals surface area (Å²) in [7, 11) is 0. The predicted molar refractivity (Wildman–Crippen MR) is 127 cm³/mol. The summed E-state index contributed by atoms with van der Waals surface area (Å²) in [6.07, 6.45) is 4.16. The summed E-state index contributed by atoms with van der Waals surface area (Å²) in [6, 6.07) is 7.35. The molecule has 1 aromatic heterocycles. The van der Waals surface area contributed by atoms with E-state index in [4.69, 9.17) is 4.74 Å². The number of carbonyl (C=O) groups is 1. The van der Waals surface area contributed by atoms with Crippen molar-refractivity contribution in [1.82, 2.24) is 14.9 Å². The molecule has 0 spiro atoms. The van der Waals surface area contributed by atoms with E-state index < -0.39 is 11.6 Å². The summed E-state index contributed by atoms with van der Waals surface area (Å²) < 4.78 is 35.6. The first kappa shape index (κ1) is 22.7. The second-order valence-corrected chi connectivity index (χ2v) is 8.57. The molecule has 0 unspecified atom stereocenters. The van der Waals surface area contributed by atoms with Gasteiger partial charge in [-0.3, -0.25) is 4.79 Å². The van der Waals surface area contributed by atoms with Crippen LogP contribution in [0.2, 0.25) is 0 Å². The normalized spacial score (nSPS) is 17.5. The number of nitrogens with zero attached hydrogens (tertiary/aromatic N) is 5. The molecule has 2 aliphatic rings. The standard InChI is InChI=1S/C26H23F2N5O2/c1-2-22(34)33-11-10-32(14-16(33)8-9-29)26-24-21(30-15-31-26)13-18(17-5-4-12-35-25(17)24)23-19(27)6-3-7-20(23)28/h2-3,6-7,13,15-16H,1,4-5,8,10-12,14H2/t16-/m0/s1. The number of halogens is 2. The molecule has 0 aliphatic carbocycles. The smallest absolute Gasteiger partial charge is 0.246 e. The van der Waals surface area contributed by atoms with Crippen LogP contribution in [0.15, 0.2) is 43.2 Å². The molecular formula is C26H23F2N5O2. The number of ether oxygens (including phenoxy) is 1. The van der Waals surface area contributed by atoms with Gasteiger partial charge < -0.3 is 14.5 Å². The molecule has 3 aromatic rings. The molecule has 1 amide bonds. The number of amides is 1. The van der Waals surface area contributed by atoms with Crippen LogP contribution < -0.4 is 9.64 Å². The number of anilines is 1. The summed E-state index contributed by atoms with van der Waals surface area (Å²) in [5, 5.41) is 9.99. The van der Waals surface area contributed by atoms with Crippen molar-refractivity contribution in [3.63, 3.8) is 0 Å². The van der Waals surface area contributed by atoms with E-state index in [2.05, 4.69) is 22.6 Å². The molecular weight excluding hydrogens is 452 g/mol. The summed E-state index contributed by atoms with van der Waals surface area (Å²) >= 11 is 0. The van der Waals surface area contributed by atoms with E-state index in [0.717, 1.165) is 12.0 Å². The van der Waals surface area contributed by atoms with Gasteiger partial charge in [0.1, 0.15) is 29.5 Å². The van der Waals surface area contributed by atoms with E-state index in [1.807, 2.05) is 4.90 Å². The SMILES string of the molecule is C=CC(=O)N1CCN(c2ncnc3cc(-c4c(F)cccc4F)c4c(c23)OCCC4)C[C@@H]1CC#N. The summed E-state index contributed by atoms with van der Waals surface area (Å²) in [4.78, 5) is 24.9. The highest BCUT2D eigenvalue weighted by Crippen LogP contribution is 2.44. The molecule has 0 bridgehead atoms. The van der Waals surface area contributed by atoms with E-state index in [0.29, 0.717) is 60.7 Å². The van der Waals surface area contributed by atoms with Crippen LogP contribution in [0.5, 0.6) is 5.75 Å². The number of aromatic nitrogens is 2. The van der Waals surface area contributed by atoms with Crippen molar-refractivity contribution in [3.05, 3.63) is 60.4 Å². The van der Waals surface area contributed by atoms with Crippen molar-refractivity contribution in [3.8, 4) is 22.9 Å². The zero-order chi connectivity index (χ0) is 24.5. The van der Waals surface area contributed by atoms with Gasteiger partial charge in [-0.25, -0.2) is 18.7 Å². The minimum absolute atomic E-state index is 0.0954. The molecule has 2 aromatic carbocycles. The van der Waals surface area contributed by atoms with E-state index in [9.17, 15) is 18.8 Å². The second-order valence-electron chi connectivity index (χ2n) is 8.57. The number of rotatable bonds is 4. The van der Waals surface area contributed by atoms with E-state index in [-0.39, 0.29) is 23.9 Å². The maximum absolute atomic E-state index is 14.7. The lowest BCUT2D eigenvalue weighted by Crippen LogP contribution is -2.55. The monoisotopic (exact) mass is 475 g/mol. The first-order valence-corrected chi connectivity index (χ1v) is 11.5.